The van der Waals surface area contributed by atoms with Crippen molar-refractivity contribution in [2.45, 2.75) is 30.0 Å². The highest BCUT2D eigenvalue weighted by atomic mass is 32.2. The van der Waals surface area contributed by atoms with Gasteiger partial charge in [-0.3, -0.25) is 4.79 Å². The van der Waals surface area contributed by atoms with Crippen LogP contribution >= 0.6 is 23.1 Å². The molecule has 2 heterocycles. The van der Waals surface area contributed by atoms with Crippen molar-refractivity contribution in [1.29, 1.82) is 0 Å². The van der Waals surface area contributed by atoms with Crippen molar-refractivity contribution in [1.82, 2.24) is 10.2 Å². The lowest BCUT2D eigenvalue weighted by molar-refractivity contribution is 0.102. The summed E-state index contributed by atoms with van der Waals surface area (Å²) in [6.07, 6.45) is 1.51. The molecule has 0 spiro atoms. The third-order valence-electron chi connectivity index (χ3n) is 3.26. The second-order valence-electron chi connectivity index (χ2n) is 5.01. The van der Waals surface area contributed by atoms with Crippen molar-refractivity contribution in [2.75, 3.05) is 5.32 Å². The SMILES string of the molecule is Cc1nnc(Sc2ccc(NC(=O)c3ccoc3C)c(C)c2)s1. The van der Waals surface area contributed by atoms with Crippen LogP contribution in [0.3, 0.4) is 0 Å². The molecule has 0 unspecified atom stereocenters. The summed E-state index contributed by atoms with van der Waals surface area (Å²) in [7, 11) is 0. The van der Waals surface area contributed by atoms with E-state index in [4.69, 9.17) is 4.42 Å². The number of nitrogens with one attached hydrogen (secondary N) is 1. The Morgan fingerprint density at radius 1 is 1.22 bits per heavy atom. The molecule has 3 aromatic rings. The predicted molar refractivity (Wildman–Crippen MR) is 91.3 cm³/mol. The zero-order valence-electron chi connectivity index (χ0n) is 12.9. The zero-order chi connectivity index (χ0) is 16.4. The van der Waals surface area contributed by atoms with Crippen LogP contribution in [-0.4, -0.2) is 16.1 Å². The minimum atomic E-state index is -0.167. The summed E-state index contributed by atoms with van der Waals surface area (Å²) in [5.74, 6) is 0.443. The Morgan fingerprint density at radius 2 is 2.04 bits per heavy atom. The van der Waals surface area contributed by atoms with Gasteiger partial charge in [0, 0.05) is 10.6 Å². The van der Waals surface area contributed by atoms with Gasteiger partial charge >= 0.3 is 0 Å². The fourth-order valence-electron chi connectivity index (χ4n) is 2.07. The summed E-state index contributed by atoms with van der Waals surface area (Å²) >= 11 is 3.13. The van der Waals surface area contributed by atoms with Gasteiger partial charge in [-0.05, 0) is 50.6 Å². The van der Waals surface area contributed by atoms with Gasteiger partial charge in [-0.2, -0.15) is 0 Å². The fourth-order valence-corrected chi connectivity index (χ4v) is 3.96. The minimum Gasteiger partial charge on any atom is -0.469 e. The molecule has 1 N–H and O–H groups in total. The van der Waals surface area contributed by atoms with E-state index in [9.17, 15) is 4.79 Å². The summed E-state index contributed by atoms with van der Waals surface area (Å²) in [4.78, 5) is 13.3. The van der Waals surface area contributed by atoms with Crippen molar-refractivity contribution in [3.05, 3.63) is 52.4 Å². The van der Waals surface area contributed by atoms with Gasteiger partial charge in [0.2, 0.25) is 0 Å². The maximum atomic E-state index is 12.2. The number of nitrogens with zero attached hydrogens (tertiary/aromatic N) is 2. The number of anilines is 1. The zero-order valence-corrected chi connectivity index (χ0v) is 14.5. The van der Waals surface area contributed by atoms with Gasteiger partial charge in [-0.1, -0.05) is 23.1 Å². The smallest absolute Gasteiger partial charge is 0.259 e. The van der Waals surface area contributed by atoms with Crippen molar-refractivity contribution < 1.29 is 9.21 Å². The van der Waals surface area contributed by atoms with Gasteiger partial charge in [-0.15, -0.1) is 10.2 Å². The maximum absolute atomic E-state index is 12.2. The number of carbonyl (C=O) groups excluding carboxylic acids is 1. The summed E-state index contributed by atoms with van der Waals surface area (Å²) in [6.45, 7) is 5.67. The van der Waals surface area contributed by atoms with Crippen LogP contribution in [0.1, 0.15) is 26.7 Å². The number of rotatable bonds is 4. The van der Waals surface area contributed by atoms with E-state index < -0.39 is 0 Å². The number of amides is 1. The Balaban J connectivity index is 1.74. The van der Waals surface area contributed by atoms with Gasteiger partial charge < -0.3 is 9.73 Å². The highest BCUT2D eigenvalue weighted by molar-refractivity contribution is 8.01. The van der Waals surface area contributed by atoms with Crippen LogP contribution in [0.4, 0.5) is 5.69 Å². The van der Waals surface area contributed by atoms with Crippen LogP contribution in [-0.2, 0) is 0 Å². The van der Waals surface area contributed by atoms with E-state index in [1.807, 2.05) is 32.0 Å². The molecular weight excluding hydrogens is 330 g/mol. The molecule has 0 bridgehead atoms. The fraction of sp³-hybridized carbons (Fsp3) is 0.188. The topological polar surface area (TPSA) is 68.0 Å². The Kier molecular flexibility index (Phi) is 4.49. The molecule has 5 nitrogen and oxygen atoms in total. The molecule has 1 aromatic carbocycles. The standard InChI is InChI=1S/C16H15N3O2S2/c1-9-8-12(23-16-19-18-11(3)22-16)4-5-14(9)17-15(20)13-6-7-21-10(13)2/h4-8H,1-3H3,(H,17,20). The molecule has 0 radical (unpaired) electrons. The summed E-state index contributed by atoms with van der Waals surface area (Å²) in [5, 5.41) is 12.0. The first-order chi connectivity index (χ1) is 11.0. The molecule has 2 aromatic heterocycles. The van der Waals surface area contributed by atoms with E-state index in [1.165, 1.54) is 6.26 Å². The number of carbonyl (C=O) groups is 1. The van der Waals surface area contributed by atoms with Crippen LogP contribution in [0.5, 0.6) is 0 Å². The minimum absolute atomic E-state index is 0.167. The Bertz CT molecular complexity index is 855. The van der Waals surface area contributed by atoms with Gasteiger partial charge in [-0.25, -0.2) is 0 Å². The van der Waals surface area contributed by atoms with Crippen LogP contribution in [0.2, 0.25) is 0 Å². The molecule has 0 saturated heterocycles. The van der Waals surface area contributed by atoms with E-state index in [0.717, 1.165) is 25.5 Å². The van der Waals surface area contributed by atoms with Crippen LogP contribution in [0.15, 0.2) is 44.2 Å². The number of hydrogen-bond acceptors (Lipinski definition) is 6. The summed E-state index contributed by atoms with van der Waals surface area (Å²) < 4.78 is 6.08. The average molecular weight is 345 g/mol. The predicted octanol–water partition coefficient (Wildman–Crippen LogP) is 4.46. The molecule has 118 valence electrons. The third-order valence-corrected chi connectivity index (χ3v) is 5.14. The van der Waals surface area contributed by atoms with Crippen molar-refractivity contribution in [3.63, 3.8) is 0 Å². The summed E-state index contributed by atoms with van der Waals surface area (Å²) in [5.41, 5.74) is 2.33. The van der Waals surface area contributed by atoms with E-state index >= 15 is 0 Å². The van der Waals surface area contributed by atoms with Crippen molar-refractivity contribution in [3.8, 4) is 0 Å². The first-order valence-corrected chi connectivity index (χ1v) is 8.60. The quantitative estimate of drug-likeness (QED) is 0.756. The molecule has 0 saturated carbocycles. The Hall–Kier alpha value is -2.12. The monoisotopic (exact) mass is 345 g/mol. The van der Waals surface area contributed by atoms with Gasteiger partial charge in [0.25, 0.3) is 5.91 Å². The van der Waals surface area contributed by atoms with E-state index in [1.54, 1.807) is 36.1 Å². The highest BCUT2D eigenvalue weighted by Gasteiger charge is 2.13. The van der Waals surface area contributed by atoms with Crippen LogP contribution < -0.4 is 5.32 Å². The Labute approximate surface area is 142 Å². The molecular formula is C16H15N3O2S2. The molecule has 0 aliphatic rings. The lowest BCUT2D eigenvalue weighted by Gasteiger charge is -2.09. The molecule has 0 fully saturated rings. The molecule has 1 amide bonds. The number of aryl methyl sites for hydroxylation is 3. The van der Waals surface area contributed by atoms with Gasteiger partial charge in [0.1, 0.15) is 10.8 Å². The van der Waals surface area contributed by atoms with E-state index in [0.29, 0.717) is 11.3 Å². The van der Waals surface area contributed by atoms with E-state index in [2.05, 4.69) is 15.5 Å². The summed E-state index contributed by atoms with van der Waals surface area (Å²) in [6, 6.07) is 7.56. The lowest BCUT2D eigenvalue weighted by Crippen LogP contribution is -2.12. The second-order valence-corrected chi connectivity index (χ2v) is 7.51. The van der Waals surface area contributed by atoms with E-state index in [-0.39, 0.29) is 5.91 Å². The normalized spacial score (nSPS) is 10.7. The maximum Gasteiger partial charge on any atom is 0.259 e. The molecule has 0 aliphatic heterocycles. The molecule has 0 atom stereocenters. The van der Waals surface area contributed by atoms with Crippen LogP contribution in [0, 0.1) is 20.8 Å². The van der Waals surface area contributed by atoms with Crippen molar-refractivity contribution in [2.24, 2.45) is 0 Å². The largest absolute Gasteiger partial charge is 0.469 e. The highest BCUT2D eigenvalue weighted by Crippen LogP contribution is 2.32. The number of furan rings is 1. The second kappa shape index (κ2) is 6.55. The molecule has 23 heavy (non-hydrogen) atoms. The van der Waals surface area contributed by atoms with Crippen LogP contribution in [0.25, 0.3) is 0 Å². The van der Waals surface area contributed by atoms with Gasteiger partial charge in [0.05, 0.1) is 11.8 Å². The average Bonchev–Trinajstić information content (AvgIpc) is 3.10. The first-order valence-electron chi connectivity index (χ1n) is 6.97. The molecule has 3 rings (SSSR count). The molecule has 7 heteroatoms. The third kappa shape index (κ3) is 3.62. The number of hydrogen-bond donors (Lipinski definition) is 1. The van der Waals surface area contributed by atoms with Crippen molar-refractivity contribution >= 4 is 34.7 Å². The number of aromatic nitrogens is 2. The number of benzene rings is 1. The first kappa shape index (κ1) is 15.8. The molecule has 0 aliphatic carbocycles. The van der Waals surface area contributed by atoms with Gasteiger partial charge in [0.15, 0.2) is 4.34 Å². The Morgan fingerprint density at radius 3 is 2.65 bits per heavy atom. The lowest BCUT2D eigenvalue weighted by atomic mass is 10.2.